The number of carboxylic acids is 1. The van der Waals surface area contributed by atoms with Crippen LogP contribution in [-0.4, -0.2) is 47.7 Å². The minimum absolute atomic E-state index is 0.0943. The van der Waals surface area contributed by atoms with Gasteiger partial charge in [0.1, 0.15) is 0 Å². The van der Waals surface area contributed by atoms with E-state index < -0.39 is 12.0 Å². The van der Waals surface area contributed by atoms with Gasteiger partial charge < -0.3 is 14.7 Å². The second kappa shape index (κ2) is 4.95. The number of hydrogen-bond acceptors (Lipinski definition) is 3. The van der Waals surface area contributed by atoms with Crippen LogP contribution in [0.25, 0.3) is 0 Å². The molecule has 1 saturated heterocycles. The molecule has 1 fully saturated rings. The van der Waals surface area contributed by atoms with Crippen molar-refractivity contribution in [3.63, 3.8) is 0 Å². The highest BCUT2D eigenvalue weighted by molar-refractivity contribution is 5.83. The molecule has 0 aromatic carbocycles. The third-order valence-electron chi connectivity index (χ3n) is 2.20. The van der Waals surface area contributed by atoms with Crippen molar-refractivity contribution in [3.8, 4) is 0 Å². The third-order valence-corrected chi connectivity index (χ3v) is 2.20. The lowest BCUT2D eigenvalue weighted by Crippen LogP contribution is -2.52. The largest absolute Gasteiger partial charge is 0.480 e. The number of carboxylic acid groups (broad SMARTS) is 1. The fourth-order valence-corrected chi connectivity index (χ4v) is 1.46. The minimum atomic E-state index is -0.992. The van der Waals surface area contributed by atoms with Gasteiger partial charge in [-0.3, -0.25) is 4.79 Å². The zero-order valence-electron chi connectivity index (χ0n) is 8.23. The van der Waals surface area contributed by atoms with Crippen LogP contribution < -0.4 is 0 Å². The van der Waals surface area contributed by atoms with Gasteiger partial charge in [-0.2, -0.15) is 0 Å². The number of carbonyl (C=O) groups excluding carboxylic acids is 1. The lowest BCUT2D eigenvalue weighted by molar-refractivity contribution is -0.158. The van der Waals surface area contributed by atoms with E-state index in [9.17, 15) is 9.59 Å². The molecule has 0 spiro atoms. The number of hydrogen-bond donors (Lipinski definition) is 1. The molecule has 0 saturated carbocycles. The minimum Gasteiger partial charge on any atom is -0.480 e. The van der Waals surface area contributed by atoms with E-state index in [1.54, 1.807) is 0 Å². The first kappa shape index (κ1) is 11.0. The fraction of sp³-hybridized carbons (Fsp3) is 0.778. The Kier molecular flexibility index (Phi) is 3.88. The summed E-state index contributed by atoms with van der Waals surface area (Å²) in [6, 6.07) is -0.803. The van der Waals surface area contributed by atoms with Crippen molar-refractivity contribution < 1.29 is 19.4 Å². The SMILES string of the molecule is CCCC(=O)N1CCOCC1C(=O)O. The van der Waals surface area contributed by atoms with Gasteiger partial charge in [0.25, 0.3) is 0 Å². The Balaban J connectivity index is 2.62. The summed E-state index contributed by atoms with van der Waals surface area (Å²) in [7, 11) is 0. The third kappa shape index (κ3) is 2.45. The highest BCUT2D eigenvalue weighted by Crippen LogP contribution is 2.09. The molecule has 1 atom stereocenters. The van der Waals surface area contributed by atoms with Crippen molar-refractivity contribution >= 4 is 11.9 Å². The summed E-state index contributed by atoms with van der Waals surface area (Å²) in [5, 5.41) is 8.85. The van der Waals surface area contributed by atoms with E-state index in [0.717, 1.165) is 6.42 Å². The van der Waals surface area contributed by atoms with Gasteiger partial charge in [-0.15, -0.1) is 0 Å². The molecule has 1 aliphatic rings. The lowest BCUT2D eigenvalue weighted by atomic mass is 10.2. The highest BCUT2D eigenvalue weighted by Gasteiger charge is 2.31. The normalized spacial score (nSPS) is 22.1. The Morgan fingerprint density at radius 1 is 1.57 bits per heavy atom. The van der Waals surface area contributed by atoms with Crippen LogP contribution in [0.4, 0.5) is 0 Å². The number of nitrogens with zero attached hydrogens (tertiary/aromatic N) is 1. The maximum Gasteiger partial charge on any atom is 0.328 e. The summed E-state index contributed by atoms with van der Waals surface area (Å²) < 4.78 is 5.03. The molecule has 14 heavy (non-hydrogen) atoms. The first-order chi connectivity index (χ1) is 6.66. The molecular weight excluding hydrogens is 186 g/mol. The van der Waals surface area contributed by atoms with E-state index in [-0.39, 0.29) is 12.5 Å². The van der Waals surface area contributed by atoms with Crippen molar-refractivity contribution in [2.75, 3.05) is 19.8 Å². The Morgan fingerprint density at radius 3 is 2.86 bits per heavy atom. The number of ether oxygens (including phenoxy) is 1. The summed E-state index contributed by atoms with van der Waals surface area (Å²) in [6.07, 6.45) is 1.15. The van der Waals surface area contributed by atoms with E-state index in [4.69, 9.17) is 9.84 Å². The Bertz CT molecular complexity index is 229. The van der Waals surface area contributed by atoms with Crippen LogP contribution in [-0.2, 0) is 14.3 Å². The molecule has 1 rings (SSSR count). The molecule has 5 heteroatoms. The smallest absolute Gasteiger partial charge is 0.328 e. The average molecular weight is 201 g/mol. The van der Waals surface area contributed by atoms with Crippen LogP contribution in [0.2, 0.25) is 0 Å². The van der Waals surface area contributed by atoms with Crippen molar-refractivity contribution in [3.05, 3.63) is 0 Å². The lowest BCUT2D eigenvalue weighted by Gasteiger charge is -2.32. The predicted octanol–water partition coefficient (Wildman–Crippen LogP) is 0.0985. The molecular formula is C9H15NO4. The van der Waals surface area contributed by atoms with Gasteiger partial charge in [0.05, 0.1) is 13.2 Å². The van der Waals surface area contributed by atoms with Crippen LogP contribution in [0, 0.1) is 0 Å². The van der Waals surface area contributed by atoms with Gasteiger partial charge in [-0.1, -0.05) is 6.92 Å². The van der Waals surface area contributed by atoms with Crippen LogP contribution in [0.1, 0.15) is 19.8 Å². The highest BCUT2D eigenvalue weighted by atomic mass is 16.5. The van der Waals surface area contributed by atoms with Crippen molar-refractivity contribution in [2.45, 2.75) is 25.8 Å². The molecule has 1 heterocycles. The Labute approximate surface area is 82.6 Å². The number of aliphatic carboxylic acids is 1. The molecule has 0 aromatic heterocycles. The quantitative estimate of drug-likeness (QED) is 0.703. The average Bonchev–Trinajstić information content (AvgIpc) is 2.18. The van der Waals surface area contributed by atoms with Gasteiger partial charge in [0.2, 0.25) is 5.91 Å². The van der Waals surface area contributed by atoms with Gasteiger partial charge in [-0.05, 0) is 6.42 Å². The summed E-state index contributed by atoms with van der Waals surface area (Å²) in [6.45, 7) is 2.81. The van der Waals surface area contributed by atoms with Gasteiger partial charge in [-0.25, -0.2) is 4.79 Å². The molecule has 0 aromatic rings. The molecule has 80 valence electrons. The molecule has 0 aliphatic carbocycles. The predicted molar refractivity (Wildman–Crippen MR) is 48.9 cm³/mol. The molecule has 0 bridgehead atoms. The Morgan fingerprint density at radius 2 is 2.29 bits per heavy atom. The zero-order chi connectivity index (χ0) is 10.6. The summed E-state index contributed by atoms with van der Waals surface area (Å²) >= 11 is 0. The molecule has 1 unspecified atom stereocenters. The van der Waals surface area contributed by atoms with Crippen LogP contribution in [0.3, 0.4) is 0 Å². The monoisotopic (exact) mass is 201 g/mol. The molecule has 5 nitrogen and oxygen atoms in total. The van der Waals surface area contributed by atoms with Gasteiger partial charge in [0.15, 0.2) is 6.04 Å². The first-order valence-electron chi connectivity index (χ1n) is 4.76. The Hall–Kier alpha value is -1.10. The molecule has 1 amide bonds. The standard InChI is InChI=1S/C9H15NO4/c1-2-3-8(11)10-4-5-14-6-7(10)9(12)13/h7H,2-6H2,1H3,(H,12,13). The van der Waals surface area contributed by atoms with Crippen LogP contribution in [0.5, 0.6) is 0 Å². The molecule has 0 radical (unpaired) electrons. The van der Waals surface area contributed by atoms with E-state index in [1.165, 1.54) is 4.90 Å². The zero-order valence-corrected chi connectivity index (χ0v) is 8.23. The van der Waals surface area contributed by atoms with Gasteiger partial charge >= 0.3 is 5.97 Å². The number of carbonyl (C=O) groups is 2. The summed E-state index contributed by atoms with van der Waals surface area (Å²) in [5.41, 5.74) is 0. The number of amides is 1. The second-order valence-corrected chi connectivity index (χ2v) is 3.27. The topological polar surface area (TPSA) is 66.8 Å². The molecule has 1 N–H and O–H groups in total. The van der Waals surface area contributed by atoms with Crippen LogP contribution >= 0.6 is 0 Å². The van der Waals surface area contributed by atoms with E-state index >= 15 is 0 Å². The number of rotatable bonds is 3. The van der Waals surface area contributed by atoms with Gasteiger partial charge in [0, 0.05) is 13.0 Å². The maximum atomic E-state index is 11.5. The maximum absolute atomic E-state index is 11.5. The second-order valence-electron chi connectivity index (χ2n) is 3.27. The first-order valence-corrected chi connectivity index (χ1v) is 4.76. The van der Waals surface area contributed by atoms with Crippen molar-refractivity contribution in [1.82, 2.24) is 4.90 Å². The van der Waals surface area contributed by atoms with E-state index in [2.05, 4.69) is 0 Å². The summed E-state index contributed by atoms with van der Waals surface area (Å²) in [4.78, 5) is 23.7. The number of morpholine rings is 1. The van der Waals surface area contributed by atoms with Crippen LogP contribution in [0.15, 0.2) is 0 Å². The molecule has 1 aliphatic heterocycles. The van der Waals surface area contributed by atoms with E-state index in [0.29, 0.717) is 19.6 Å². The summed E-state index contributed by atoms with van der Waals surface area (Å²) in [5.74, 6) is -1.09. The van der Waals surface area contributed by atoms with Crippen molar-refractivity contribution in [1.29, 1.82) is 0 Å². The fourth-order valence-electron chi connectivity index (χ4n) is 1.46. The van der Waals surface area contributed by atoms with E-state index in [1.807, 2.05) is 6.92 Å². The van der Waals surface area contributed by atoms with Crippen molar-refractivity contribution in [2.24, 2.45) is 0 Å².